The molecule has 16 heavy (non-hydrogen) atoms. The number of nitrogens with one attached hydrogen (secondary N) is 2. The van der Waals surface area contributed by atoms with Gasteiger partial charge in [0, 0.05) is 12.4 Å². The zero-order chi connectivity index (χ0) is 12.0. The van der Waals surface area contributed by atoms with Crippen LogP contribution in [0.1, 0.15) is 12.8 Å². The molecule has 1 saturated carbocycles. The SMILES string of the molecule is O=S(=O)(NC1(C(F)(F)F)CC1)c1cc[nH]c1. The highest BCUT2D eigenvalue weighted by molar-refractivity contribution is 7.89. The van der Waals surface area contributed by atoms with Crippen LogP contribution in [-0.2, 0) is 10.0 Å². The van der Waals surface area contributed by atoms with Gasteiger partial charge >= 0.3 is 6.18 Å². The maximum Gasteiger partial charge on any atom is 0.407 e. The lowest BCUT2D eigenvalue weighted by Gasteiger charge is -2.20. The summed E-state index contributed by atoms with van der Waals surface area (Å²) in [6.45, 7) is 0. The van der Waals surface area contributed by atoms with E-state index in [0.717, 1.165) is 6.20 Å². The summed E-state index contributed by atoms with van der Waals surface area (Å²) in [5.74, 6) is 0. The molecule has 0 spiro atoms. The Morgan fingerprint density at radius 1 is 1.38 bits per heavy atom. The standard InChI is InChI=1S/C8H9F3N2O2S/c9-8(10,11)7(2-3-7)13-16(14,15)6-1-4-12-5-6/h1,4-5,12-13H,2-3H2. The first kappa shape index (κ1) is 11.5. The molecule has 0 aliphatic heterocycles. The van der Waals surface area contributed by atoms with Crippen LogP contribution in [0.25, 0.3) is 0 Å². The molecule has 0 bridgehead atoms. The van der Waals surface area contributed by atoms with Gasteiger partial charge in [-0.3, -0.25) is 0 Å². The first-order chi connectivity index (χ1) is 7.27. The number of halogens is 3. The second-order valence-electron chi connectivity index (χ2n) is 3.73. The first-order valence-electron chi connectivity index (χ1n) is 4.50. The van der Waals surface area contributed by atoms with Crippen molar-refractivity contribution in [3.8, 4) is 0 Å². The predicted molar refractivity (Wildman–Crippen MR) is 49.1 cm³/mol. The van der Waals surface area contributed by atoms with Crippen LogP contribution in [0.5, 0.6) is 0 Å². The highest BCUT2D eigenvalue weighted by Crippen LogP contribution is 2.49. The van der Waals surface area contributed by atoms with Crippen LogP contribution >= 0.6 is 0 Å². The van der Waals surface area contributed by atoms with E-state index in [2.05, 4.69) is 4.98 Å². The quantitative estimate of drug-likeness (QED) is 0.856. The minimum atomic E-state index is -4.55. The van der Waals surface area contributed by atoms with E-state index in [1.165, 1.54) is 12.3 Å². The minimum Gasteiger partial charge on any atom is -0.366 e. The first-order valence-corrected chi connectivity index (χ1v) is 5.99. The lowest BCUT2D eigenvalue weighted by Crippen LogP contribution is -2.47. The summed E-state index contributed by atoms with van der Waals surface area (Å²) in [4.78, 5) is 2.29. The molecule has 1 aromatic rings. The molecule has 8 heteroatoms. The van der Waals surface area contributed by atoms with Crippen molar-refractivity contribution in [3.63, 3.8) is 0 Å². The summed E-state index contributed by atoms with van der Waals surface area (Å²) in [6, 6.07) is 1.20. The average Bonchev–Trinajstić information content (AvgIpc) is 2.73. The Morgan fingerprint density at radius 2 is 2.00 bits per heavy atom. The van der Waals surface area contributed by atoms with Crippen molar-refractivity contribution in [2.24, 2.45) is 0 Å². The Morgan fingerprint density at radius 3 is 2.38 bits per heavy atom. The number of sulfonamides is 1. The molecule has 1 aliphatic carbocycles. The van der Waals surface area contributed by atoms with Gasteiger partial charge in [0.15, 0.2) is 0 Å². The van der Waals surface area contributed by atoms with Gasteiger partial charge in [0.05, 0.1) is 4.90 Å². The van der Waals surface area contributed by atoms with Crippen LogP contribution in [0, 0.1) is 0 Å². The van der Waals surface area contributed by atoms with Crippen molar-refractivity contribution >= 4 is 10.0 Å². The van der Waals surface area contributed by atoms with E-state index in [4.69, 9.17) is 0 Å². The van der Waals surface area contributed by atoms with Crippen molar-refractivity contribution in [2.45, 2.75) is 29.5 Å². The molecule has 0 amide bonds. The third-order valence-corrected chi connectivity index (χ3v) is 4.04. The fourth-order valence-electron chi connectivity index (χ4n) is 1.36. The molecule has 90 valence electrons. The van der Waals surface area contributed by atoms with E-state index in [1.807, 2.05) is 0 Å². The third-order valence-electron chi connectivity index (χ3n) is 2.50. The minimum absolute atomic E-state index is 0.192. The number of rotatable bonds is 3. The van der Waals surface area contributed by atoms with E-state index in [9.17, 15) is 21.6 Å². The monoisotopic (exact) mass is 254 g/mol. The van der Waals surface area contributed by atoms with E-state index in [-0.39, 0.29) is 17.7 Å². The smallest absolute Gasteiger partial charge is 0.366 e. The van der Waals surface area contributed by atoms with Gasteiger partial charge in [-0.1, -0.05) is 0 Å². The zero-order valence-electron chi connectivity index (χ0n) is 8.00. The van der Waals surface area contributed by atoms with Crippen molar-refractivity contribution in [1.82, 2.24) is 9.71 Å². The summed E-state index contributed by atoms with van der Waals surface area (Å²) in [5.41, 5.74) is -2.26. The molecule has 1 aliphatic rings. The van der Waals surface area contributed by atoms with Crippen molar-refractivity contribution < 1.29 is 21.6 Å². The molecule has 2 rings (SSSR count). The molecular formula is C8H9F3N2O2S. The lowest BCUT2D eigenvalue weighted by molar-refractivity contribution is -0.160. The lowest BCUT2D eigenvalue weighted by atomic mass is 10.3. The Balaban J connectivity index is 2.24. The third kappa shape index (κ3) is 1.82. The molecule has 1 fully saturated rings. The molecule has 1 aromatic heterocycles. The van der Waals surface area contributed by atoms with E-state index in [0.29, 0.717) is 0 Å². The van der Waals surface area contributed by atoms with Gasteiger partial charge in [0.25, 0.3) is 0 Å². The summed E-state index contributed by atoms with van der Waals surface area (Å²) < 4.78 is 62.4. The van der Waals surface area contributed by atoms with Crippen molar-refractivity contribution in [3.05, 3.63) is 18.5 Å². The second kappa shape index (κ2) is 3.24. The van der Waals surface area contributed by atoms with Gasteiger partial charge in [-0.05, 0) is 18.9 Å². The molecule has 0 radical (unpaired) electrons. The fraction of sp³-hybridized carbons (Fsp3) is 0.500. The van der Waals surface area contributed by atoms with Gasteiger partial charge in [-0.2, -0.15) is 17.9 Å². The molecule has 0 saturated heterocycles. The maximum absolute atomic E-state index is 12.5. The summed E-state index contributed by atoms with van der Waals surface area (Å²) >= 11 is 0. The van der Waals surface area contributed by atoms with Gasteiger partial charge in [-0.15, -0.1) is 0 Å². The highest BCUT2D eigenvalue weighted by atomic mass is 32.2. The van der Waals surface area contributed by atoms with Crippen LogP contribution in [0.4, 0.5) is 13.2 Å². The fourth-order valence-corrected chi connectivity index (χ4v) is 2.78. The number of hydrogen-bond donors (Lipinski definition) is 2. The predicted octanol–water partition coefficient (Wildman–Crippen LogP) is 1.39. The molecule has 1 heterocycles. The molecule has 4 nitrogen and oxygen atoms in total. The Hall–Kier alpha value is -1.02. The topological polar surface area (TPSA) is 62.0 Å². The molecule has 0 atom stereocenters. The number of aromatic amines is 1. The molecule has 0 unspecified atom stereocenters. The molecular weight excluding hydrogens is 245 g/mol. The van der Waals surface area contributed by atoms with E-state index < -0.39 is 21.7 Å². The van der Waals surface area contributed by atoms with Gasteiger partial charge < -0.3 is 4.98 Å². The number of aromatic nitrogens is 1. The summed E-state index contributed by atoms with van der Waals surface area (Å²) in [6.07, 6.45) is -2.49. The number of alkyl halides is 3. The van der Waals surface area contributed by atoms with Crippen LogP contribution in [0.2, 0.25) is 0 Å². The Bertz CT molecular complexity index is 474. The molecule has 2 N–H and O–H groups in total. The van der Waals surface area contributed by atoms with Gasteiger partial charge in [0.2, 0.25) is 10.0 Å². The van der Waals surface area contributed by atoms with Crippen LogP contribution < -0.4 is 4.72 Å². The van der Waals surface area contributed by atoms with Gasteiger partial charge in [0.1, 0.15) is 5.54 Å². The molecule has 0 aromatic carbocycles. The Labute approximate surface area is 89.9 Å². The normalized spacial score (nSPS) is 19.7. The van der Waals surface area contributed by atoms with Crippen molar-refractivity contribution in [1.29, 1.82) is 0 Å². The van der Waals surface area contributed by atoms with E-state index >= 15 is 0 Å². The zero-order valence-corrected chi connectivity index (χ0v) is 8.82. The maximum atomic E-state index is 12.5. The largest absolute Gasteiger partial charge is 0.407 e. The number of H-pyrrole nitrogens is 1. The van der Waals surface area contributed by atoms with Crippen LogP contribution in [0.15, 0.2) is 23.4 Å². The average molecular weight is 254 g/mol. The van der Waals surface area contributed by atoms with Crippen LogP contribution in [0.3, 0.4) is 0 Å². The second-order valence-corrected chi connectivity index (χ2v) is 5.41. The Kier molecular flexibility index (Phi) is 2.32. The van der Waals surface area contributed by atoms with Crippen molar-refractivity contribution in [2.75, 3.05) is 0 Å². The van der Waals surface area contributed by atoms with Crippen LogP contribution in [-0.4, -0.2) is 25.1 Å². The summed E-state index contributed by atoms with van der Waals surface area (Å²) in [5, 5.41) is 0. The van der Waals surface area contributed by atoms with E-state index in [1.54, 1.807) is 4.72 Å². The number of hydrogen-bond acceptors (Lipinski definition) is 2. The van der Waals surface area contributed by atoms with Gasteiger partial charge in [-0.25, -0.2) is 8.42 Å². The highest BCUT2D eigenvalue weighted by Gasteiger charge is 2.65. The summed E-state index contributed by atoms with van der Waals surface area (Å²) in [7, 11) is -4.10.